The van der Waals surface area contributed by atoms with E-state index in [-0.39, 0.29) is 6.04 Å². The minimum Gasteiger partial charge on any atom is -0.345 e. The Labute approximate surface area is 70.7 Å². The zero-order valence-corrected chi connectivity index (χ0v) is 6.96. The molecule has 1 atom stereocenters. The summed E-state index contributed by atoms with van der Waals surface area (Å²) < 4.78 is 0. The third-order valence-electron chi connectivity index (χ3n) is 2.03. The fourth-order valence-electron chi connectivity index (χ4n) is 1.05. The maximum absolute atomic E-state index is 10.9. The Bertz CT molecular complexity index is 201. The van der Waals surface area contributed by atoms with Gasteiger partial charge in [-0.05, 0) is 25.7 Å². The van der Waals surface area contributed by atoms with Gasteiger partial charge in [0, 0.05) is 6.04 Å². The van der Waals surface area contributed by atoms with Crippen LogP contribution in [0.5, 0.6) is 0 Å². The zero-order valence-electron chi connectivity index (χ0n) is 6.96. The average molecular weight is 171 g/mol. The van der Waals surface area contributed by atoms with Crippen molar-refractivity contribution in [3.8, 4) is 0 Å². The molecule has 0 aromatic rings. The molecule has 4 N–H and O–H groups in total. The summed E-state index contributed by atoms with van der Waals surface area (Å²) in [5.41, 5.74) is 1.78. The summed E-state index contributed by atoms with van der Waals surface area (Å²) in [4.78, 5) is 21.6. The molecule has 0 aromatic heterocycles. The van der Waals surface area contributed by atoms with Crippen LogP contribution in [0, 0.1) is 5.92 Å². The summed E-state index contributed by atoms with van der Waals surface area (Å²) in [5.74, 6) is 3.88. The lowest BCUT2D eigenvalue weighted by Crippen LogP contribution is -2.46. The number of hydrogen-bond donors (Lipinski definition) is 3. The predicted octanol–water partition coefficient (Wildman–Crippen LogP) is -1.11. The highest BCUT2D eigenvalue weighted by molar-refractivity contribution is 6.34. The van der Waals surface area contributed by atoms with E-state index < -0.39 is 11.8 Å². The minimum absolute atomic E-state index is 0.0785. The topological polar surface area (TPSA) is 84.2 Å². The molecular weight excluding hydrogens is 158 g/mol. The van der Waals surface area contributed by atoms with Crippen LogP contribution in [-0.4, -0.2) is 17.9 Å². The molecule has 1 aliphatic carbocycles. The Morgan fingerprint density at radius 3 is 2.42 bits per heavy atom. The molecule has 12 heavy (non-hydrogen) atoms. The molecular formula is C7H13N3O2. The Kier molecular flexibility index (Phi) is 2.65. The molecule has 68 valence electrons. The molecule has 1 saturated carbocycles. The van der Waals surface area contributed by atoms with E-state index >= 15 is 0 Å². The molecule has 1 fully saturated rings. The number of nitrogens with two attached hydrogens (primary N) is 1. The van der Waals surface area contributed by atoms with Crippen LogP contribution in [0.1, 0.15) is 19.8 Å². The highest BCUT2D eigenvalue weighted by Crippen LogP contribution is 2.32. The third kappa shape index (κ3) is 2.20. The van der Waals surface area contributed by atoms with E-state index in [0.29, 0.717) is 5.92 Å². The minimum atomic E-state index is -0.789. The second-order valence-electron chi connectivity index (χ2n) is 3.07. The first kappa shape index (κ1) is 8.99. The van der Waals surface area contributed by atoms with E-state index in [4.69, 9.17) is 5.84 Å². The van der Waals surface area contributed by atoms with Crippen molar-refractivity contribution in [1.82, 2.24) is 10.7 Å². The van der Waals surface area contributed by atoms with E-state index in [1.54, 1.807) is 5.43 Å². The van der Waals surface area contributed by atoms with Gasteiger partial charge in [-0.1, -0.05) is 0 Å². The van der Waals surface area contributed by atoms with Crippen LogP contribution >= 0.6 is 0 Å². The molecule has 0 saturated heterocycles. The van der Waals surface area contributed by atoms with Crippen LogP contribution in [-0.2, 0) is 9.59 Å². The molecule has 0 heterocycles. The average Bonchev–Trinajstić information content (AvgIpc) is 2.84. The lowest BCUT2D eigenvalue weighted by atomic mass is 10.2. The van der Waals surface area contributed by atoms with Crippen LogP contribution in [0.4, 0.5) is 0 Å². The molecule has 1 rings (SSSR count). The summed E-state index contributed by atoms with van der Waals surface area (Å²) in [7, 11) is 0. The predicted molar refractivity (Wildman–Crippen MR) is 42.7 cm³/mol. The van der Waals surface area contributed by atoms with Crippen molar-refractivity contribution in [2.24, 2.45) is 11.8 Å². The highest BCUT2D eigenvalue weighted by Gasteiger charge is 2.29. The van der Waals surface area contributed by atoms with Crippen LogP contribution < -0.4 is 16.6 Å². The van der Waals surface area contributed by atoms with Gasteiger partial charge >= 0.3 is 11.8 Å². The quantitative estimate of drug-likeness (QED) is 0.213. The van der Waals surface area contributed by atoms with E-state index in [9.17, 15) is 9.59 Å². The van der Waals surface area contributed by atoms with E-state index in [1.807, 2.05) is 6.92 Å². The maximum Gasteiger partial charge on any atom is 0.323 e. The van der Waals surface area contributed by atoms with Gasteiger partial charge in [0.25, 0.3) is 0 Å². The van der Waals surface area contributed by atoms with Crippen molar-refractivity contribution in [2.75, 3.05) is 0 Å². The van der Waals surface area contributed by atoms with Crippen molar-refractivity contribution in [3.05, 3.63) is 0 Å². The Morgan fingerprint density at radius 1 is 1.42 bits per heavy atom. The SMILES string of the molecule is CC(NC(=O)C(=O)NN)C1CC1. The largest absolute Gasteiger partial charge is 0.345 e. The number of carbonyl (C=O) groups excluding carboxylic acids is 2. The number of carbonyl (C=O) groups is 2. The Hall–Kier alpha value is -1.10. The van der Waals surface area contributed by atoms with Crippen LogP contribution in [0.15, 0.2) is 0 Å². The van der Waals surface area contributed by atoms with Gasteiger partial charge in [-0.2, -0.15) is 0 Å². The summed E-state index contributed by atoms with van der Waals surface area (Å²) in [6.07, 6.45) is 2.26. The molecule has 0 bridgehead atoms. The monoisotopic (exact) mass is 171 g/mol. The molecule has 5 nitrogen and oxygen atoms in total. The molecule has 0 spiro atoms. The number of rotatable bonds is 2. The summed E-state index contributed by atoms with van der Waals surface area (Å²) >= 11 is 0. The van der Waals surface area contributed by atoms with Crippen LogP contribution in [0.3, 0.4) is 0 Å². The molecule has 1 unspecified atom stereocenters. The summed E-state index contributed by atoms with van der Waals surface area (Å²) in [5, 5.41) is 2.56. The van der Waals surface area contributed by atoms with Crippen molar-refractivity contribution in [3.63, 3.8) is 0 Å². The van der Waals surface area contributed by atoms with Crippen molar-refractivity contribution >= 4 is 11.8 Å². The fourth-order valence-corrected chi connectivity index (χ4v) is 1.05. The van der Waals surface area contributed by atoms with Gasteiger partial charge in [-0.15, -0.1) is 0 Å². The maximum atomic E-state index is 10.9. The first-order valence-electron chi connectivity index (χ1n) is 3.96. The fraction of sp³-hybridized carbons (Fsp3) is 0.714. The normalized spacial score (nSPS) is 18.2. The highest BCUT2D eigenvalue weighted by atomic mass is 16.2. The van der Waals surface area contributed by atoms with Crippen LogP contribution in [0.2, 0.25) is 0 Å². The molecule has 2 amide bonds. The van der Waals surface area contributed by atoms with Gasteiger partial charge < -0.3 is 5.32 Å². The summed E-state index contributed by atoms with van der Waals surface area (Å²) in [6, 6.07) is 0.0785. The first-order valence-corrected chi connectivity index (χ1v) is 3.96. The summed E-state index contributed by atoms with van der Waals surface area (Å²) in [6.45, 7) is 1.89. The molecule has 0 aromatic carbocycles. The number of amides is 2. The molecule has 1 aliphatic rings. The number of hydrogen-bond acceptors (Lipinski definition) is 3. The van der Waals surface area contributed by atoms with E-state index in [1.165, 1.54) is 0 Å². The lowest BCUT2D eigenvalue weighted by Gasteiger charge is -2.10. The van der Waals surface area contributed by atoms with Gasteiger partial charge in [0.05, 0.1) is 0 Å². The second kappa shape index (κ2) is 3.53. The van der Waals surface area contributed by atoms with Crippen molar-refractivity contribution in [1.29, 1.82) is 0 Å². The van der Waals surface area contributed by atoms with E-state index in [2.05, 4.69) is 5.32 Å². The van der Waals surface area contributed by atoms with Crippen LogP contribution in [0.25, 0.3) is 0 Å². The smallest absolute Gasteiger partial charge is 0.323 e. The molecule has 0 aliphatic heterocycles. The number of nitrogens with one attached hydrogen (secondary N) is 2. The van der Waals surface area contributed by atoms with Gasteiger partial charge in [0.2, 0.25) is 0 Å². The standard InChI is InChI=1S/C7H13N3O2/c1-4(5-2-3-5)9-6(11)7(12)10-8/h4-5H,2-3,8H2,1H3,(H,9,11)(H,10,12). The lowest BCUT2D eigenvalue weighted by molar-refractivity contribution is -0.139. The van der Waals surface area contributed by atoms with Crippen molar-refractivity contribution < 1.29 is 9.59 Å². The second-order valence-corrected chi connectivity index (χ2v) is 3.07. The molecule has 0 radical (unpaired) electrons. The zero-order chi connectivity index (χ0) is 9.14. The van der Waals surface area contributed by atoms with Gasteiger partial charge in [0.15, 0.2) is 0 Å². The Morgan fingerprint density at radius 2 is 2.00 bits per heavy atom. The van der Waals surface area contributed by atoms with Crippen molar-refractivity contribution in [2.45, 2.75) is 25.8 Å². The third-order valence-corrected chi connectivity index (χ3v) is 2.03. The first-order chi connectivity index (χ1) is 5.65. The van der Waals surface area contributed by atoms with E-state index in [0.717, 1.165) is 12.8 Å². The van der Waals surface area contributed by atoms with Gasteiger partial charge in [-0.3, -0.25) is 15.0 Å². The number of hydrazine groups is 1. The van der Waals surface area contributed by atoms with Gasteiger partial charge in [-0.25, -0.2) is 5.84 Å². The van der Waals surface area contributed by atoms with Gasteiger partial charge in [0.1, 0.15) is 0 Å². The molecule has 5 heteroatoms. The Balaban J connectivity index is 2.29.